The van der Waals surface area contributed by atoms with Crippen molar-refractivity contribution in [1.82, 2.24) is 0 Å². The van der Waals surface area contributed by atoms with Crippen molar-refractivity contribution < 1.29 is 10.2 Å². The molecular formula is C12H18O2. The monoisotopic (exact) mass is 194 g/mol. The first-order valence-corrected chi connectivity index (χ1v) is 4.85. The second-order valence-electron chi connectivity index (χ2n) is 4.36. The van der Waals surface area contributed by atoms with Crippen LogP contribution in [0.5, 0.6) is 0 Å². The number of rotatable bonds is 3. The lowest BCUT2D eigenvalue weighted by Gasteiger charge is -2.24. The molecule has 0 fully saturated rings. The summed E-state index contributed by atoms with van der Waals surface area (Å²) in [6, 6.07) is 7.97. The molecule has 0 aliphatic heterocycles. The van der Waals surface area contributed by atoms with Gasteiger partial charge in [0, 0.05) is 6.42 Å². The summed E-state index contributed by atoms with van der Waals surface area (Å²) < 4.78 is 0. The van der Waals surface area contributed by atoms with Crippen LogP contribution in [-0.2, 0) is 6.42 Å². The summed E-state index contributed by atoms with van der Waals surface area (Å²) in [7, 11) is 0. The maximum atomic E-state index is 9.66. The van der Waals surface area contributed by atoms with Crippen LogP contribution in [0.25, 0.3) is 0 Å². The molecule has 1 unspecified atom stereocenters. The van der Waals surface area contributed by atoms with Gasteiger partial charge in [-0.05, 0) is 26.3 Å². The molecule has 0 aliphatic carbocycles. The second kappa shape index (κ2) is 4.11. The van der Waals surface area contributed by atoms with E-state index in [9.17, 15) is 10.2 Å². The minimum Gasteiger partial charge on any atom is -0.390 e. The Bertz CT molecular complexity index is 282. The summed E-state index contributed by atoms with van der Waals surface area (Å²) in [6.45, 7) is 5.26. The Hall–Kier alpha value is -0.860. The quantitative estimate of drug-likeness (QED) is 0.768. The predicted octanol–water partition coefficient (Wildman–Crippen LogP) is 1.67. The molecule has 0 saturated carbocycles. The van der Waals surface area contributed by atoms with E-state index in [-0.39, 0.29) is 0 Å². The number of hydrogen-bond donors (Lipinski definition) is 2. The maximum absolute atomic E-state index is 9.66. The Morgan fingerprint density at radius 3 is 2.14 bits per heavy atom. The molecule has 0 amide bonds. The Labute approximate surface area is 85.2 Å². The average Bonchev–Trinajstić information content (AvgIpc) is 2.07. The van der Waals surface area contributed by atoms with Gasteiger partial charge in [0.1, 0.15) is 0 Å². The Balaban J connectivity index is 2.65. The molecule has 1 rings (SSSR count). The Morgan fingerprint density at radius 1 is 1.21 bits per heavy atom. The highest BCUT2D eigenvalue weighted by Gasteiger charge is 2.24. The van der Waals surface area contributed by atoms with Crippen LogP contribution in [-0.4, -0.2) is 21.9 Å². The van der Waals surface area contributed by atoms with E-state index in [2.05, 4.69) is 0 Å². The maximum Gasteiger partial charge on any atom is 0.0861 e. The molecule has 1 aromatic rings. The third-order valence-corrected chi connectivity index (χ3v) is 2.37. The van der Waals surface area contributed by atoms with E-state index in [1.54, 1.807) is 13.8 Å². The van der Waals surface area contributed by atoms with Gasteiger partial charge in [-0.2, -0.15) is 0 Å². The summed E-state index contributed by atoms with van der Waals surface area (Å²) in [6.07, 6.45) is -0.228. The van der Waals surface area contributed by atoms with Crippen molar-refractivity contribution in [1.29, 1.82) is 0 Å². The molecule has 0 heterocycles. The molecule has 0 saturated heterocycles. The smallest absolute Gasteiger partial charge is 0.0861 e. The van der Waals surface area contributed by atoms with Crippen LogP contribution in [0, 0.1) is 6.92 Å². The average molecular weight is 194 g/mol. The van der Waals surface area contributed by atoms with Gasteiger partial charge in [-0.1, -0.05) is 29.8 Å². The van der Waals surface area contributed by atoms with E-state index in [0.717, 1.165) is 5.56 Å². The number of aryl methyl sites for hydroxylation is 1. The molecule has 1 aromatic carbocycles. The molecule has 0 spiro atoms. The van der Waals surface area contributed by atoms with Gasteiger partial charge in [-0.25, -0.2) is 0 Å². The second-order valence-corrected chi connectivity index (χ2v) is 4.36. The van der Waals surface area contributed by atoms with Crippen LogP contribution in [0.3, 0.4) is 0 Å². The van der Waals surface area contributed by atoms with Crippen LogP contribution in [0.15, 0.2) is 24.3 Å². The lowest BCUT2D eigenvalue weighted by molar-refractivity contribution is -0.0469. The summed E-state index contributed by atoms with van der Waals surface area (Å²) in [5, 5.41) is 19.2. The molecule has 2 N–H and O–H groups in total. The summed E-state index contributed by atoms with van der Waals surface area (Å²) >= 11 is 0. The van der Waals surface area contributed by atoms with E-state index in [1.807, 2.05) is 31.2 Å². The molecule has 0 bridgehead atoms. The highest BCUT2D eigenvalue weighted by molar-refractivity contribution is 5.22. The minimum atomic E-state index is -1.04. The predicted molar refractivity (Wildman–Crippen MR) is 57.2 cm³/mol. The zero-order chi connectivity index (χ0) is 10.8. The van der Waals surface area contributed by atoms with E-state index < -0.39 is 11.7 Å². The van der Waals surface area contributed by atoms with Crippen LogP contribution >= 0.6 is 0 Å². The van der Waals surface area contributed by atoms with Crippen LogP contribution in [0.4, 0.5) is 0 Å². The minimum absolute atomic E-state index is 0.490. The van der Waals surface area contributed by atoms with Crippen molar-refractivity contribution in [2.45, 2.75) is 38.9 Å². The summed E-state index contributed by atoms with van der Waals surface area (Å²) in [5.41, 5.74) is 1.21. The van der Waals surface area contributed by atoms with Crippen LogP contribution in [0.2, 0.25) is 0 Å². The largest absolute Gasteiger partial charge is 0.390 e. The highest BCUT2D eigenvalue weighted by Crippen LogP contribution is 2.14. The molecule has 2 nitrogen and oxygen atoms in total. The van der Waals surface area contributed by atoms with E-state index >= 15 is 0 Å². The standard InChI is InChI=1S/C12H18O2/c1-9-4-6-10(7-5-9)8-11(13)12(2,3)14/h4-7,11,13-14H,8H2,1-3H3. The molecule has 2 heteroatoms. The fourth-order valence-corrected chi connectivity index (χ4v) is 1.20. The molecule has 78 valence electrons. The van der Waals surface area contributed by atoms with Crippen molar-refractivity contribution >= 4 is 0 Å². The number of hydrogen-bond acceptors (Lipinski definition) is 2. The van der Waals surface area contributed by atoms with Gasteiger partial charge in [0.05, 0.1) is 11.7 Å². The van der Waals surface area contributed by atoms with Gasteiger partial charge < -0.3 is 10.2 Å². The molecule has 0 radical (unpaired) electrons. The van der Waals surface area contributed by atoms with E-state index in [4.69, 9.17) is 0 Å². The fraction of sp³-hybridized carbons (Fsp3) is 0.500. The molecule has 0 aliphatic rings. The van der Waals surface area contributed by atoms with Crippen molar-refractivity contribution in [3.8, 4) is 0 Å². The van der Waals surface area contributed by atoms with Crippen molar-refractivity contribution in [2.75, 3.05) is 0 Å². The normalized spacial score (nSPS) is 14.1. The van der Waals surface area contributed by atoms with Crippen molar-refractivity contribution in [3.05, 3.63) is 35.4 Å². The molecule has 14 heavy (non-hydrogen) atoms. The topological polar surface area (TPSA) is 40.5 Å². The Morgan fingerprint density at radius 2 is 1.71 bits per heavy atom. The van der Waals surface area contributed by atoms with Gasteiger partial charge in [0.2, 0.25) is 0 Å². The third-order valence-electron chi connectivity index (χ3n) is 2.37. The molecular weight excluding hydrogens is 176 g/mol. The van der Waals surface area contributed by atoms with E-state index in [0.29, 0.717) is 6.42 Å². The molecule has 0 aromatic heterocycles. The number of aliphatic hydroxyl groups excluding tert-OH is 1. The number of aliphatic hydroxyl groups is 2. The van der Waals surface area contributed by atoms with Crippen LogP contribution in [0.1, 0.15) is 25.0 Å². The number of benzene rings is 1. The van der Waals surface area contributed by atoms with Gasteiger partial charge in [0.25, 0.3) is 0 Å². The third kappa shape index (κ3) is 3.13. The first kappa shape index (κ1) is 11.2. The summed E-state index contributed by atoms with van der Waals surface area (Å²) in [4.78, 5) is 0. The van der Waals surface area contributed by atoms with Gasteiger partial charge in [-0.3, -0.25) is 0 Å². The molecule has 1 atom stereocenters. The first-order chi connectivity index (χ1) is 6.39. The first-order valence-electron chi connectivity index (χ1n) is 4.85. The Kier molecular flexibility index (Phi) is 3.29. The van der Waals surface area contributed by atoms with Gasteiger partial charge in [-0.15, -0.1) is 0 Å². The zero-order valence-corrected chi connectivity index (χ0v) is 8.99. The van der Waals surface area contributed by atoms with Crippen LogP contribution < -0.4 is 0 Å². The van der Waals surface area contributed by atoms with Crippen molar-refractivity contribution in [3.63, 3.8) is 0 Å². The van der Waals surface area contributed by atoms with E-state index in [1.165, 1.54) is 5.56 Å². The fourth-order valence-electron chi connectivity index (χ4n) is 1.20. The lowest BCUT2D eigenvalue weighted by atomic mass is 9.95. The van der Waals surface area contributed by atoms with Gasteiger partial charge >= 0.3 is 0 Å². The lowest BCUT2D eigenvalue weighted by Crippen LogP contribution is -2.37. The van der Waals surface area contributed by atoms with Gasteiger partial charge in [0.15, 0.2) is 0 Å². The highest BCUT2D eigenvalue weighted by atomic mass is 16.3. The summed E-state index contributed by atoms with van der Waals surface area (Å²) in [5.74, 6) is 0. The SMILES string of the molecule is Cc1ccc(CC(O)C(C)(C)O)cc1. The van der Waals surface area contributed by atoms with Crippen molar-refractivity contribution in [2.24, 2.45) is 0 Å². The zero-order valence-electron chi connectivity index (χ0n) is 8.99.